The Hall–Kier alpha value is -2.22. The van der Waals surface area contributed by atoms with Gasteiger partial charge in [-0.1, -0.05) is 6.92 Å². The molecule has 10 heteroatoms. The Morgan fingerprint density at radius 2 is 2.26 bits per heavy atom. The fourth-order valence-electron chi connectivity index (χ4n) is 2.83. The Morgan fingerprint density at radius 3 is 2.81 bits per heavy atom. The molecular formula is C17H26N6O3S. The molecule has 2 N–H and O–H groups in total. The van der Waals surface area contributed by atoms with Crippen molar-refractivity contribution in [3.63, 3.8) is 0 Å². The van der Waals surface area contributed by atoms with E-state index in [1.165, 1.54) is 19.3 Å². The Kier molecular flexibility index (Phi) is 7.12. The van der Waals surface area contributed by atoms with Gasteiger partial charge in [-0.15, -0.1) is 0 Å². The third-order valence-electron chi connectivity index (χ3n) is 4.72. The Morgan fingerprint density at radius 1 is 1.52 bits per heavy atom. The van der Waals surface area contributed by atoms with Gasteiger partial charge in [0.2, 0.25) is 15.9 Å². The van der Waals surface area contributed by atoms with Crippen LogP contribution in [0, 0.1) is 11.3 Å². The summed E-state index contributed by atoms with van der Waals surface area (Å²) < 4.78 is 25.8. The smallest absolute Gasteiger partial charge is 0.241 e. The van der Waals surface area contributed by atoms with Gasteiger partial charge in [0.15, 0.2) is 0 Å². The van der Waals surface area contributed by atoms with E-state index in [2.05, 4.69) is 21.2 Å². The highest BCUT2D eigenvalue weighted by molar-refractivity contribution is 7.89. The Bertz CT molecular complexity index is 790. The number of sulfonamides is 1. The lowest BCUT2D eigenvalue weighted by Crippen LogP contribution is -2.47. The van der Waals surface area contributed by atoms with E-state index in [0.717, 1.165) is 12.8 Å². The minimum absolute atomic E-state index is 0.0413. The quantitative estimate of drug-likeness (QED) is 0.630. The van der Waals surface area contributed by atoms with Gasteiger partial charge >= 0.3 is 0 Å². The lowest BCUT2D eigenvalue weighted by atomic mass is 10.2. The minimum Gasteiger partial charge on any atom is -0.325 e. The molecule has 1 aromatic rings. The second-order valence-electron chi connectivity index (χ2n) is 6.46. The number of hydrazine groups is 1. The predicted octanol–water partition coefficient (Wildman–Crippen LogP) is 0.932. The molecule has 1 amide bonds. The van der Waals surface area contributed by atoms with Crippen LogP contribution in [0.3, 0.4) is 0 Å². The predicted molar refractivity (Wildman–Crippen MR) is 101 cm³/mol. The summed E-state index contributed by atoms with van der Waals surface area (Å²) >= 11 is 0. The van der Waals surface area contributed by atoms with Gasteiger partial charge in [0, 0.05) is 18.8 Å². The van der Waals surface area contributed by atoms with Crippen molar-refractivity contribution in [3.05, 3.63) is 18.3 Å². The number of likely N-dealkylation sites (tertiary alicyclic amines) is 1. The van der Waals surface area contributed by atoms with E-state index >= 15 is 0 Å². The lowest BCUT2D eigenvalue weighted by molar-refractivity contribution is -0.132. The molecular weight excluding hydrogens is 368 g/mol. The third-order valence-corrected chi connectivity index (χ3v) is 6.12. The maximum atomic E-state index is 12.6. The second kappa shape index (κ2) is 9.12. The first-order chi connectivity index (χ1) is 12.8. The number of pyridine rings is 1. The average molecular weight is 395 g/mol. The van der Waals surface area contributed by atoms with E-state index < -0.39 is 10.0 Å². The molecule has 2 atom stereocenters. The second-order valence-corrected chi connectivity index (χ2v) is 8.34. The molecule has 0 bridgehead atoms. The van der Waals surface area contributed by atoms with E-state index in [9.17, 15) is 18.5 Å². The molecule has 0 radical (unpaired) electrons. The molecule has 0 aromatic carbocycles. The van der Waals surface area contributed by atoms with Crippen LogP contribution >= 0.6 is 0 Å². The molecule has 9 nitrogen and oxygen atoms in total. The summed E-state index contributed by atoms with van der Waals surface area (Å²) in [6.07, 6.45) is 3.61. The molecule has 2 heterocycles. The van der Waals surface area contributed by atoms with Crippen LogP contribution in [0.5, 0.6) is 0 Å². The van der Waals surface area contributed by atoms with Crippen molar-refractivity contribution in [3.8, 4) is 6.07 Å². The summed E-state index contributed by atoms with van der Waals surface area (Å²) in [6.45, 7) is 4.69. The molecule has 1 aliphatic heterocycles. The molecule has 1 fully saturated rings. The number of anilines is 1. The van der Waals surface area contributed by atoms with Gasteiger partial charge in [-0.25, -0.2) is 23.1 Å². The topological polar surface area (TPSA) is 118 Å². The van der Waals surface area contributed by atoms with Crippen molar-refractivity contribution in [2.75, 3.05) is 25.6 Å². The summed E-state index contributed by atoms with van der Waals surface area (Å²) in [6, 6.07) is 4.86. The maximum absolute atomic E-state index is 12.6. The van der Waals surface area contributed by atoms with Crippen molar-refractivity contribution < 1.29 is 13.2 Å². The highest BCUT2D eigenvalue weighted by atomic mass is 32.2. The van der Waals surface area contributed by atoms with Crippen molar-refractivity contribution in [1.29, 1.82) is 5.26 Å². The van der Waals surface area contributed by atoms with Crippen molar-refractivity contribution in [1.82, 2.24) is 19.6 Å². The van der Waals surface area contributed by atoms with Crippen LogP contribution in [0.1, 0.15) is 33.1 Å². The van der Waals surface area contributed by atoms with Crippen LogP contribution in [0.4, 0.5) is 5.82 Å². The van der Waals surface area contributed by atoms with Gasteiger partial charge in [-0.05, 0) is 45.4 Å². The number of nitrogens with one attached hydrogen (secondary N) is 2. The summed E-state index contributed by atoms with van der Waals surface area (Å²) in [5.41, 5.74) is 3.09. The number of hydrogen-bond acceptors (Lipinski definition) is 7. The molecule has 0 aliphatic carbocycles. The molecule has 0 saturated carbocycles. The number of nitrogens with zero attached hydrogens (tertiary/aromatic N) is 4. The van der Waals surface area contributed by atoms with Crippen LogP contribution in [-0.4, -0.2) is 61.4 Å². The van der Waals surface area contributed by atoms with Crippen LogP contribution < -0.4 is 10.1 Å². The van der Waals surface area contributed by atoms with Gasteiger partial charge in [0.1, 0.15) is 16.8 Å². The van der Waals surface area contributed by atoms with Crippen LogP contribution in [0.15, 0.2) is 23.2 Å². The van der Waals surface area contributed by atoms with Crippen molar-refractivity contribution in [2.24, 2.45) is 0 Å². The Balaban J connectivity index is 2.11. The molecule has 1 saturated heterocycles. The zero-order valence-corrected chi connectivity index (χ0v) is 16.7. The van der Waals surface area contributed by atoms with Gasteiger partial charge < -0.3 is 10.3 Å². The fourth-order valence-corrected chi connectivity index (χ4v) is 3.51. The summed E-state index contributed by atoms with van der Waals surface area (Å²) in [5.74, 6) is 0.331. The van der Waals surface area contributed by atoms with Gasteiger partial charge in [-0.2, -0.15) is 5.26 Å². The minimum atomic E-state index is -3.55. The molecule has 1 aromatic heterocycles. The first-order valence-electron chi connectivity index (χ1n) is 8.94. The highest BCUT2D eigenvalue weighted by Crippen LogP contribution is 2.18. The van der Waals surface area contributed by atoms with Crippen LogP contribution in [-0.2, 0) is 14.8 Å². The molecule has 148 valence electrons. The van der Waals surface area contributed by atoms with Gasteiger partial charge in [0.05, 0.1) is 12.6 Å². The van der Waals surface area contributed by atoms with E-state index in [0.29, 0.717) is 18.8 Å². The number of carbonyl (C=O) groups is 1. The number of nitriles is 1. The highest BCUT2D eigenvalue weighted by Gasteiger charge is 2.30. The van der Waals surface area contributed by atoms with Crippen molar-refractivity contribution in [2.45, 2.75) is 50.1 Å². The molecule has 1 aliphatic rings. The number of carbonyl (C=O) groups excluding carboxylic acids is 1. The monoisotopic (exact) mass is 394 g/mol. The molecule has 1 unspecified atom stereocenters. The van der Waals surface area contributed by atoms with E-state index in [1.54, 1.807) is 16.0 Å². The third kappa shape index (κ3) is 5.15. The largest absolute Gasteiger partial charge is 0.325 e. The normalized spacial score (nSPS) is 18.3. The lowest BCUT2D eigenvalue weighted by Gasteiger charge is -2.31. The maximum Gasteiger partial charge on any atom is 0.241 e. The number of rotatable bonds is 8. The summed E-state index contributed by atoms with van der Waals surface area (Å²) in [4.78, 5) is 18.5. The zero-order chi connectivity index (χ0) is 20.0. The van der Waals surface area contributed by atoms with Crippen LogP contribution in [0.2, 0.25) is 0 Å². The number of amides is 1. The fraction of sp³-hybridized carbons (Fsp3) is 0.588. The summed E-state index contributed by atoms with van der Waals surface area (Å²) in [7, 11) is -2.21. The molecule has 2 rings (SSSR count). The van der Waals surface area contributed by atoms with Crippen LogP contribution in [0.25, 0.3) is 0 Å². The first kappa shape index (κ1) is 21.1. The van der Waals surface area contributed by atoms with Crippen molar-refractivity contribution >= 4 is 21.7 Å². The SMILES string of the molecule is CC[C@H](C)N(CC(=O)N1CCCC1C#N)Nc1ccc(S(=O)(=O)NC)cn1. The molecule has 27 heavy (non-hydrogen) atoms. The summed E-state index contributed by atoms with van der Waals surface area (Å²) in [5, 5.41) is 11.0. The number of hydrogen-bond donors (Lipinski definition) is 2. The van der Waals surface area contributed by atoms with E-state index in [4.69, 9.17) is 0 Å². The number of aromatic nitrogens is 1. The standard InChI is InChI=1S/C17H26N6O3S/c1-4-13(2)23(12-17(24)22-9-5-6-14(22)10-18)21-16-8-7-15(11-20-16)27(25,26)19-3/h7-8,11,13-14,19H,4-6,9,12H2,1-3H3,(H,20,21)/t13-,14?/m0/s1. The average Bonchev–Trinajstić information content (AvgIpc) is 3.16. The van der Waals surface area contributed by atoms with E-state index in [1.807, 2.05) is 13.8 Å². The van der Waals surface area contributed by atoms with Gasteiger partial charge in [-0.3, -0.25) is 4.79 Å². The van der Waals surface area contributed by atoms with E-state index in [-0.39, 0.29) is 29.4 Å². The Labute approximate surface area is 160 Å². The van der Waals surface area contributed by atoms with Gasteiger partial charge in [0.25, 0.3) is 0 Å². The first-order valence-corrected chi connectivity index (χ1v) is 10.4. The zero-order valence-electron chi connectivity index (χ0n) is 15.8. The molecule has 0 spiro atoms.